The number of carbonyl (C=O) groups excluding carboxylic acids is 2. The lowest BCUT2D eigenvalue weighted by Crippen LogP contribution is -2.54. The highest BCUT2D eigenvalue weighted by Crippen LogP contribution is 2.40. The molecule has 1 saturated carbocycles. The molecule has 22 nitrogen and oxygen atoms in total. The van der Waals surface area contributed by atoms with Crippen LogP contribution in [0.2, 0.25) is 0 Å². The Morgan fingerprint density at radius 3 is 1.67 bits per heavy atom. The zero-order chi connectivity index (χ0) is 52.5. The van der Waals surface area contributed by atoms with Crippen LogP contribution in [-0.2, 0) is 15.1 Å². The summed E-state index contributed by atoms with van der Waals surface area (Å²) in [6, 6.07) is 20.6. The number of halogens is 1. The molecule has 4 heterocycles. The molecular weight excluding hydrogens is 976 g/mol. The van der Waals surface area contributed by atoms with Crippen LogP contribution >= 0.6 is 0 Å². The van der Waals surface area contributed by atoms with Crippen molar-refractivity contribution in [2.75, 3.05) is 75.5 Å². The summed E-state index contributed by atoms with van der Waals surface area (Å²) in [5, 5.41) is 16.7. The fourth-order valence-corrected chi connectivity index (χ4v) is 8.12. The molecule has 0 aliphatic heterocycles. The second-order valence-corrected chi connectivity index (χ2v) is 17.4. The predicted molar refractivity (Wildman–Crippen MR) is 271 cm³/mol. The molecule has 9 rings (SSSR count). The van der Waals surface area contributed by atoms with Crippen molar-refractivity contribution in [2.24, 2.45) is 0 Å². The number of fused-ring (bicyclic) bond motifs is 2. The number of nitrogens with one attached hydrogen (secondary N) is 2. The van der Waals surface area contributed by atoms with E-state index in [-0.39, 0.29) is 71.2 Å². The number of anilines is 4. The number of ether oxygens (including phenoxy) is 8. The number of aromatic nitrogens is 6. The van der Waals surface area contributed by atoms with Gasteiger partial charge in [0.15, 0.2) is 28.7 Å². The lowest BCUT2D eigenvalue weighted by atomic mass is 10.1. The number of hydrazine groups is 1. The van der Waals surface area contributed by atoms with Gasteiger partial charge in [0.05, 0.1) is 49.2 Å². The first-order valence-corrected chi connectivity index (χ1v) is 23.7. The van der Waals surface area contributed by atoms with E-state index in [0.717, 1.165) is 35.7 Å². The van der Waals surface area contributed by atoms with E-state index in [1.165, 1.54) is 52.9 Å². The Kier molecular flexibility index (Phi) is 15.6. The quantitative estimate of drug-likeness (QED) is 0.0532. The number of urea groups is 2. The van der Waals surface area contributed by atoms with Crippen LogP contribution in [0.15, 0.2) is 107 Å². The third-order valence-electron chi connectivity index (χ3n) is 11.8. The third kappa shape index (κ3) is 11.8. The minimum atomic E-state index is -2.01. The van der Waals surface area contributed by atoms with Gasteiger partial charge in [0.2, 0.25) is 17.6 Å². The molecule has 1 aliphatic carbocycles. The van der Waals surface area contributed by atoms with E-state index in [0.29, 0.717) is 63.8 Å². The molecule has 0 unspecified atom stereocenters. The maximum Gasteiger partial charge on any atom is 0.348 e. The number of hydrogen-bond donors (Lipinski definition) is 2. The zero-order valence-electron chi connectivity index (χ0n) is 41.8. The maximum absolute atomic E-state index is 15.5. The number of nitrogens with zero attached hydrogens (tertiary/aromatic N) is 8. The minimum absolute atomic E-state index is 0.0243. The molecule has 4 amide bonds. The van der Waals surface area contributed by atoms with E-state index in [9.17, 15) is 9.59 Å². The standard InChI is InChI=1S/C52H53FN10O12/c1-52(2,53)45-28-47(75-60-45)63(51(65)59-33-14-10-16-35(22-33)73-49-37-24-42(69-6)44(71-20-18-67-4)26-39(37)55-30-57-49)62(46-27-40(74-61-46)31-11-7-8-12-31)50(64)58-32-13-9-15-34(21-32)72-48-36-23-41(68-5)43(70-19-17-66-3)25-38(36)54-29-56-48/h9-10,13-16,21-31H,7-8,11-12,17-20H2,1-6H3,(H,58,64)(H,59,65). The van der Waals surface area contributed by atoms with Crippen LogP contribution in [0.4, 0.5) is 37.1 Å². The number of methoxy groups -OCH3 is 4. The first-order chi connectivity index (χ1) is 36.4. The topological polar surface area (TPSA) is 242 Å². The van der Waals surface area contributed by atoms with E-state index in [1.54, 1.807) is 87.0 Å². The van der Waals surface area contributed by atoms with Crippen LogP contribution in [0.1, 0.15) is 56.9 Å². The highest BCUT2D eigenvalue weighted by molar-refractivity contribution is 6.12. The lowest BCUT2D eigenvalue weighted by Gasteiger charge is -2.30. The second-order valence-electron chi connectivity index (χ2n) is 17.4. The average Bonchev–Trinajstić information content (AvgIpc) is 4.22. The Morgan fingerprint density at radius 1 is 0.640 bits per heavy atom. The Hall–Kier alpha value is -8.83. The summed E-state index contributed by atoms with van der Waals surface area (Å²) in [7, 11) is 6.18. The highest BCUT2D eigenvalue weighted by Gasteiger charge is 2.37. The number of alkyl halides is 1. The smallest absolute Gasteiger partial charge is 0.348 e. The Balaban J connectivity index is 1.03. The number of benzene rings is 4. The van der Waals surface area contributed by atoms with Crippen molar-refractivity contribution in [3.8, 4) is 46.3 Å². The second kappa shape index (κ2) is 22.9. The van der Waals surface area contributed by atoms with Crippen molar-refractivity contribution < 1.29 is 60.9 Å². The zero-order valence-corrected chi connectivity index (χ0v) is 41.8. The average molecular weight is 1030 g/mol. The van der Waals surface area contributed by atoms with Gasteiger partial charge in [-0.15, -0.1) is 0 Å². The van der Waals surface area contributed by atoms with Gasteiger partial charge in [0.25, 0.3) is 5.88 Å². The van der Waals surface area contributed by atoms with Crippen molar-refractivity contribution in [3.05, 3.63) is 109 Å². The van der Waals surface area contributed by atoms with E-state index >= 15 is 4.39 Å². The van der Waals surface area contributed by atoms with Gasteiger partial charge in [-0.05, 0) is 63.1 Å². The molecule has 1 fully saturated rings. The molecule has 390 valence electrons. The fourth-order valence-electron chi connectivity index (χ4n) is 8.12. The Morgan fingerprint density at radius 2 is 1.17 bits per heavy atom. The molecule has 0 saturated heterocycles. The summed E-state index contributed by atoms with van der Waals surface area (Å²) < 4.78 is 72.7. The minimum Gasteiger partial charge on any atom is -0.493 e. The largest absolute Gasteiger partial charge is 0.493 e. The monoisotopic (exact) mass is 1030 g/mol. The van der Waals surface area contributed by atoms with E-state index in [2.05, 4.69) is 40.9 Å². The summed E-state index contributed by atoms with van der Waals surface area (Å²) in [4.78, 5) is 47.5. The van der Waals surface area contributed by atoms with Gasteiger partial charge in [0, 0.05) is 67.9 Å². The summed E-state index contributed by atoms with van der Waals surface area (Å²) >= 11 is 0. The molecule has 1 aliphatic rings. The van der Waals surface area contributed by atoms with Gasteiger partial charge < -0.3 is 57.6 Å². The van der Waals surface area contributed by atoms with Gasteiger partial charge in [-0.3, -0.25) is 0 Å². The van der Waals surface area contributed by atoms with Gasteiger partial charge in [-0.2, -0.15) is 10.0 Å². The van der Waals surface area contributed by atoms with E-state index in [1.807, 2.05) is 0 Å². The lowest BCUT2D eigenvalue weighted by molar-refractivity contribution is 0.144. The van der Waals surface area contributed by atoms with Crippen molar-refractivity contribution in [2.45, 2.75) is 51.1 Å². The molecule has 0 atom stereocenters. The normalized spacial score (nSPS) is 12.6. The van der Waals surface area contributed by atoms with E-state index < -0.39 is 17.7 Å². The van der Waals surface area contributed by atoms with Gasteiger partial charge >= 0.3 is 12.1 Å². The van der Waals surface area contributed by atoms with Gasteiger partial charge in [-0.1, -0.05) is 35.3 Å². The van der Waals surface area contributed by atoms with Crippen LogP contribution in [0.5, 0.6) is 46.3 Å². The Labute approximate surface area is 428 Å². The highest BCUT2D eigenvalue weighted by atomic mass is 19.1. The predicted octanol–water partition coefficient (Wildman–Crippen LogP) is 10.8. The first kappa shape index (κ1) is 51.1. The molecule has 0 spiro atoms. The molecule has 0 radical (unpaired) electrons. The molecule has 4 aromatic heterocycles. The fraction of sp³-hybridized carbons (Fsp3) is 0.308. The number of hydrogen-bond acceptors (Lipinski definition) is 18. The molecule has 4 aromatic carbocycles. The first-order valence-electron chi connectivity index (χ1n) is 23.7. The molecular formula is C52H53FN10O12. The SMILES string of the molecule is COCCOc1cc2ncnc(Oc3cccc(NC(=O)N(c4cc(C5CCCC5)on4)N(C(=O)Nc4cccc(Oc5ncnc6cc(OCCOC)c(OC)cc56)c4)c4cc(C(C)(C)F)no4)c3)c2cc1OC. The molecule has 23 heteroatoms. The van der Waals surface area contributed by atoms with Crippen LogP contribution in [0.25, 0.3) is 21.8 Å². The third-order valence-corrected chi connectivity index (χ3v) is 11.8. The van der Waals surface area contributed by atoms with Crippen LogP contribution in [0.3, 0.4) is 0 Å². The van der Waals surface area contributed by atoms with Crippen molar-refractivity contribution >= 4 is 56.9 Å². The summed E-state index contributed by atoms with van der Waals surface area (Å²) in [6.07, 6.45) is 6.34. The molecule has 0 bridgehead atoms. The van der Waals surface area contributed by atoms with Crippen LogP contribution in [-0.4, -0.2) is 97.2 Å². The van der Waals surface area contributed by atoms with Gasteiger partial charge in [-0.25, -0.2) is 33.9 Å². The summed E-state index contributed by atoms with van der Waals surface area (Å²) in [6.45, 7) is 3.87. The van der Waals surface area contributed by atoms with Crippen molar-refractivity contribution in [3.63, 3.8) is 0 Å². The Bertz CT molecular complexity index is 3290. The van der Waals surface area contributed by atoms with Crippen molar-refractivity contribution in [1.29, 1.82) is 0 Å². The maximum atomic E-state index is 15.5. The molecule has 8 aromatic rings. The number of amides is 4. The van der Waals surface area contributed by atoms with Crippen LogP contribution < -0.4 is 49.1 Å². The molecule has 2 N–H and O–H groups in total. The number of carbonyl (C=O) groups is 2. The summed E-state index contributed by atoms with van der Waals surface area (Å²) in [5.41, 5.74) is -0.709. The van der Waals surface area contributed by atoms with Gasteiger partial charge in [0.1, 0.15) is 48.8 Å². The van der Waals surface area contributed by atoms with Crippen LogP contribution in [0, 0.1) is 0 Å². The summed E-state index contributed by atoms with van der Waals surface area (Å²) in [5.74, 6) is 2.74. The molecule has 75 heavy (non-hydrogen) atoms. The number of rotatable bonds is 20. The van der Waals surface area contributed by atoms with E-state index in [4.69, 9.17) is 46.9 Å². The van der Waals surface area contributed by atoms with Crippen molar-refractivity contribution in [1.82, 2.24) is 30.2 Å².